The smallest absolute Gasteiger partial charge is 0.262 e. The summed E-state index contributed by atoms with van der Waals surface area (Å²) in [4.78, 5) is 32.6. The fourth-order valence-electron chi connectivity index (χ4n) is 3.52. The van der Waals surface area contributed by atoms with Crippen molar-refractivity contribution in [2.24, 2.45) is 0 Å². The van der Waals surface area contributed by atoms with E-state index in [1.807, 2.05) is 18.2 Å². The van der Waals surface area contributed by atoms with Gasteiger partial charge in [-0.2, -0.15) is 0 Å². The summed E-state index contributed by atoms with van der Waals surface area (Å²) >= 11 is 1.24. The molecule has 0 saturated heterocycles. The van der Waals surface area contributed by atoms with E-state index in [4.69, 9.17) is 4.52 Å². The van der Waals surface area contributed by atoms with Crippen molar-refractivity contribution in [3.63, 3.8) is 0 Å². The molecule has 2 heterocycles. The Morgan fingerprint density at radius 3 is 2.58 bits per heavy atom. The van der Waals surface area contributed by atoms with Gasteiger partial charge in [-0.1, -0.05) is 29.1 Å². The molecule has 0 bridgehead atoms. The molecule has 166 valence electrons. The van der Waals surface area contributed by atoms with Crippen LogP contribution in [0.4, 0.5) is 5.82 Å². The van der Waals surface area contributed by atoms with Crippen LogP contribution < -0.4 is 10.9 Å². The summed E-state index contributed by atoms with van der Waals surface area (Å²) in [5.74, 6) is 0.858. The number of hydrogen-bond donors (Lipinski definition) is 1. The minimum atomic E-state index is -0.238. The van der Waals surface area contributed by atoms with Gasteiger partial charge in [-0.05, 0) is 46.8 Å². The van der Waals surface area contributed by atoms with Crippen LogP contribution in [-0.2, 0) is 11.3 Å². The predicted octanol–water partition coefficient (Wildman–Crippen LogP) is 3.54. The topological polar surface area (TPSA) is 93.3 Å². The first-order valence-corrected chi connectivity index (χ1v) is 11.4. The molecule has 0 aliphatic rings. The molecule has 0 unspecified atom stereocenters. The van der Waals surface area contributed by atoms with Crippen LogP contribution >= 0.6 is 11.8 Å². The fourth-order valence-corrected chi connectivity index (χ4v) is 4.34. The lowest BCUT2D eigenvalue weighted by molar-refractivity contribution is -0.113. The minimum Gasteiger partial charge on any atom is -0.360 e. The van der Waals surface area contributed by atoms with Crippen LogP contribution in [0.15, 0.2) is 44.8 Å². The first-order chi connectivity index (χ1) is 14.8. The Hall–Kier alpha value is -2.65. The molecular formula is C22H29N5O3S. The molecule has 0 spiro atoms. The SMILES string of the molecule is Cc1cc(NC(=O)CSc2nc3ccccc3c(=O)n2CCN(C(C)C)C(C)C)no1. The first-order valence-electron chi connectivity index (χ1n) is 10.4. The number of benzene rings is 1. The number of rotatable bonds is 9. The monoisotopic (exact) mass is 443 g/mol. The number of carbonyl (C=O) groups excluding carboxylic acids is 1. The van der Waals surface area contributed by atoms with Crippen molar-refractivity contribution in [1.29, 1.82) is 0 Å². The van der Waals surface area contributed by atoms with E-state index >= 15 is 0 Å². The van der Waals surface area contributed by atoms with E-state index in [1.54, 1.807) is 23.6 Å². The number of nitrogens with zero attached hydrogens (tertiary/aromatic N) is 4. The zero-order valence-electron chi connectivity index (χ0n) is 18.6. The molecule has 0 fully saturated rings. The molecule has 0 radical (unpaired) electrons. The Morgan fingerprint density at radius 1 is 1.23 bits per heavy atom. The second kappa shape index (κ2) is 10.1. The zero-order chi connectivity index (χ0) is 22.5. The van der Waals surface area contributed by atoms with Crippen molar-refractivity contribution in [3.8, 4) is 0 Å². The third kappa shape index (κ3) is 5.74. The van der Waals surface area contributed by atoms with E-state index < -0.39 is 0 Å². The quantitative estimate of drug-likeness (QED) is 0.399. The van der Waals surface area contributed by atoms with Gasteiger partial charge in [0.25, 0.3) is 5.56 Å². The Morgan fingerprint density at radius 2 is 1.94 bits per heavy atom. The van der Waals surface area contributed by atoms with Gasteiger partial charge in [-0.3, -0.25) is 19.1 Å². The van der Waals surface area contributed by atoms with E-state index in [0.29, 0.717) is 52.8 Å². The van der Waals surface area contributed by atoms with Crippen molar-refractivity contribution < 1.29 is 9.32 Å². The molecule has 0 aliphatic heterocycles. The number of amides is 1. The maximum atomic E-state index is 13.2. The van der Waals surface area contributed by atoms with Gasteiger partial charge in [-0.25, -0.2) is 4.98 Å². The van der Waals surface area contributed by atoms with Crippen LogP contribution in [0.3, 0.4) is 0 Å². The first kappa shape index (κ1) is 23.0. The van der Waals surface area contributed by atoms with Gasteiger partial charge in [0.1, 0.15) is 5.76 Å². The summed E-state index contributed by atoms with van der Waals surface area (Å²) in [5.41, 5.74) is 0.538. The number of hydrogen-bond acceptors (Lipinski definition) is 7. The Labute approximate surface area is 186 Å². The van der Waals surface area contributed by atoms with Crippen LogP contribution in [0.1, 0.15) is 33.5 Å². The molecule has 0 saturated carbocycles. The average Bonchev–Trinajstić information content (AvgIpc) is 3.12. The summed E-state index contributed by atoms with van der Waals surface area (Å²) in [7, 11) is 0. The highest BCUT2D eigenvalue weighted by atomic mass is 32.2. The average molecular weight is 444 g/mol. The molecule has 1 aromatic carbocycles. The molecular weight excluding hydrogens is 414 g/mol. The molecule has 1 amide bonds. The number of thioether (sulfide) groups is 1. The van der Waals surface area contributed by atoms with Crippen LogP contribution in [-0.4, -0.2) is 49.9 Å². The summed E-state index contributed by atoms with van der Waals surface area (Å²) in [6, 6.07) is 9.67. The number of carbonyl (C=O) groups is 1. The number of anilines is 1. The highest BCUT2D eigenvalue weighted by Gasteiger charge is 2.17. The number of fused-ring (bicyclic) bond motifs is 1. The van der Waals surface area contributed by atoms with Gasteiger partial charge in [0.15, 0.2) is 11.0 Å². The Balaban J connectivity index is 1.83. The molecule has 1 N–H and O–H groups in total. The summed E-state index contributed by atoms with van der Waals surface area (Å²) in [6.07, 6.45) is 0. The maximum absolute atomic E-state index is 13.2. The van der Waals surface area contributed by atoms with Crippen molar-refractivity contribution >= 4 is 34.4 Å². The lowest BCUT2D eigenvalue weighted by atomic mass is 10.2. The molecule has 31 heavy (non-hydrogen) atoms. The normalized spacial score (nSPS) is 11.7. The molecule has 2 aromatic heterocycles. The van der Waals surface area contributed by atoms with Gasteiger partial charge in [0.2, 0.25) is 5.91 Å². The Bertz CT molecular complexity index is 1100. The maximum Gasteiger partial charge on any atom is 0.262 e. The molecule has 0 aliphatic carbocycles. The van der Waals surface area contributed by atoms with Gasteiger partial charge in [0, 0.05) is 31.2 Å². The molecule has 9 heteroatoms. The summed E-state index contributed by atoms with van der Waals surface area (Å²) in [6.45, 7) is 11.6. The summed E-state index contributed by atoms with van der Waals surface area (Å²) < 4.78 is 6.65. The van der Waals surface area contributed by atoms with Crippen LogP contribution in [0.5, 0.6) is 0 Å². The van der Waals surface area contributed by atoms with E-state index in [0.717, 1.165) is 0 Å². The highest BCUT2D eigenvalue weighted by molar-refractivity contribution is 7.99. The summed E-state index contributed by atoms with van der Waals surface area (Å²) in [5, 5.41) is 7.58. The van der Waals surface area contributed by atoms with Crippen molar-refractivity contribution in [3.05, 3.63) is 46.4 Å². The molecule has 3 aromatic rings. The van der Waals surface area contributed by atoms with Crippen LogP contribution in [0.2, 0.25) is 0 Å². The molecule has 0 atom stereocenters. The van der Waals surface area contributed by atoms with Crippen molar-refractivity contribution in [1.82, 2.24) is 19.6 Å². The second-order valence-electron chi connectivity index (χ2n) is 7.95. The number of aromatic nitrogens is 3. The van der Waals surface area contributed by atoms with Gasteiger partial charge in [0.05, 0.1) is 16.7 Å². The van der Waals surface area contributed by atoms with E-state index in [2.05, 4.69) is 48.1 Å². The minimum absolute atomic E-state index is 0.0897. The van der Waals surface area contributed by atoms with Crippen molar-refractivity contribution in [2.45, 2.75) is 58.4 Å². The van der Waals surface area contributed by atoms with Crippen molar-refractivity contribution in [2.75, 3.05) is 17.6 Å². The number of para-hydroxylation sites is 1. The lowest BCUT2D eigenvalue weighted by Crippen LogP contribution is -2.40. The number of nitrogens with one attached hydrogen (secondary N) is 1. The van der Waals surface area contributed by atoms with Crippen LogP contribution in [0, 0.1) is 6.92 Å². The lowest BCUT2D eigenvalue weighted by Gasteiger charge is -2.30. The number of aryl methyl sites for hydroxylation is 1. The van der Waals surface area contributed by atoms with Gasteiger partial charge < -0.3 is 9.84 Å². The van der Waals surface area contributed by atoms with E-state index in [9.17, 15) is 9.59 Å². The third-order valence-corrected chi connectivity index (χ3v) is 5.94. The standard InChI is InChI=1S/C22H29N5O3S/c1-14(2)26(15(3)4)10-11-27-21(29)17-8-6-7-9-18(17)23-22(27)31-13-20(28)24-19-12-16(5)30-25-19/h6-9,12,14-15H,10-11,13H2,1-5H3,(H,24,25,28). The van der Waals surface area contributed by atoms with Gasteiger partial charge >= 0.3 is 0 Å². The second-order valence-corrected chi connectivity index (χ2v) is 8.90. The van der Waals surface area contributed by atoms with E-state index in [-0.39, 0.29) is 17.2 Å². The van der Waals surface area contributed by atoms with Crippen LogP contribution in [0.25, 0.3) is 10.9 Å². The fraction of sp³-hybridized carbons (Fsp3) is 0.455. The largest absolute Gasteiger partial charge is 0.360 e. The molecule has 8 nitrogen and oxygen atoms in total. The predicted molar refractivity (Wildman–Crippen MR) is 124 cm³/mol. The Kier molecular flexibility index (Phi) is 7.50. The highest BCUT2D eigenvalue weighted by Crippen LogP contribution is 2.19. The zero-order valence-corrected chi connectivity index (χ0v) is 19.4. The molecule has 3 rings (SSSR count). The van der Waals surface area contributed by atoms with E-state index in [1.165, 1.54) is 11.8 Å². The third-order valence-electron chi connectivity index (χ3n) is 4.96. The van der Waals surface area contributed by atoms with Gasteiger partial charge in [-0.15, -0.1) is 0 Å².